The lowest BCUT2D eigenvalue weighted by Gasteiger charge is -2.04. The van der Waals surface area contributed by atoms with Crippen LogP contribution in [0, 0.1) is 5.82 Å². The SMILES string of the molecule is CC(O)CCC/C=C/c1ccc(-c2cnc(O)nc2)c(F)c1. The first-order valence-electron chi connectivity index (χ1n) is 7.22. The fraction of sp³-hybridized carbons (Fsp3) is 0.294. The maximum Gasteiger partial charge on any atom is 0.313 e. The van der Waals surface area contributed by atoms with Gasteiger partial charge >= 0.3 is 6.01 Å². The highest BCUT2D eigenvalue weighted by atomic mass is 19.1. The van der Waals surface area contributed by atoms with Crippen LogP contribution in [0.3, 0.4) is 0 Å². The topological polar surface area (TPSA) is 66.2 Å². The standard InChI is InChI=1S/C17H19FN2O2/c1-12(21)5-3-2-4-6-13-7-8-15(16(18)9-13)14-10-19-17(22)20-11-14/h4,6-12,21H,2-3,5H2,1H3,(H,19,20,22)/b6-4+. The first-order chi connectivity index (χ1) is 10.6. The smallest absolute Gasteiger partial charge is 0.313 e. The van der Waals surface area contributed by atoms with Crippen LogP contribution in [0.5, 0.6) is 6.01 Å². The van der Waals surface area contributed by atoms with Crippen LogP contribution in [0.4, 0.5) is 4.39 Å². The maximum atomic E-state index is 14.1. The lowest BCUT2D eigenvalue weighted by Crippen LogP contribution is -1.97. The van der Waals surface area contributed by atoms with Gasteiger partial charge in [0.1, 0.15) is 5.82 Å². The van der Waals surface area contributed by atoms with Crippen LogP contribution in [0.15, 0.2) is 36.7 Å². The van der Waals surface area contributed by atoms with E-state index in [4.69, 9.17) is 10.2 Å². The minimum absolute atomic E-state index is 0.280. The lowest BCUT2D eigenvalue weighted by atomic mass is 10.1. The van der Waals surface area contributed by atoms with Crippen LogP contribution in [-0.2, 0) is 0 Å². The highest BCUT2D eigenvalue weighted by molar-refractivity contribution is 5.65. The highest BCUT2D eigenvalue weighted by Gasteiger charge is 2.06. The number of aromatic hydroxyl groups is 1. The van der Waals surface area contributed by atoms with Gasteiger partial charge in [-0.1, -0.05) is 24.3 Å². The fourth-order valence-corrected chi connectivity index (χ4v) is 2.08. The zero-order valence-corrected chi connectivity index (χ0v) is 12.4. The number of rotatable bonds is 6. The number of aliphatic hydroxyl groups is 1. The van der Waals surface area contributed by atoms with Gasteiger partial charge in [0.05, 0.1) is 6.10 Å². The van der Waals surface area contributed by atoms with E-state index in [1.807, 2.05) is 18.2 Å². The van der Waals surface area contributed by atoms with Crippen molar-refractivity contribution < 1.29 is 14.6 Å². The molecule has 0 saturated carbocycles. The number of nitrogens with zero attached hydrogens (tertiary/aromatic N) is 2. The van der Waals surface area contributed by atoms with Gasteiger partial charge in [0, 0.05) is 23.5 Å². The van der Waals surface area contributed by atoms with Crippen LogP contribution in [0.1, 0.15) is 31.7 Å². The number of halogens is 1. The van der Waals surface area contributed by atoms with Crippen LogP contribution in [-0.4, -0.2) is 26.3 Å². The van der Waals surface area contributed by atoms with E-state index in [0.717, 1.165) is 24.8 Å². The number of aromatic nitrogens is 2. The third-order valence-corrected chi connectivity index (χ3v) is 3.25. The quantitative estimate of drug-likeness (QED) is 0.801. The van der Waals surface area contributed by atoms with Crippen molar-refractivity contribution in [3.63, 3.8) is 0 Å². The van der Waals surface area contributed by atoms with Gasteiger partial charge in [-0.3, -0.25) is 0 Å². The average molecular weight is 302 g/mol. The summed E-state index contributed by atoms with van der Waals surface area (Å²) in [5, 5.41) is 18.2. The molecule has 0 bridgehead atoms. The molecule has 0 amide bonds. The second-order valence-corrected chi connectivity index (χ2v) is 5.19. The Morgan fingerprint density at radius 2 is 2.00 bits per heavy atom. The second kappa shape index (κ2) is 7.66. The van der Waals surface area contributed by atoms with Gasteiger partial charge in [0.15, 0.2) is 0 Å². The summed E-state index contributed by atoms with van der Waals surface area (Å²) in [6.07, 6.45) is 8.83. The normalized spacial score (nSPS) is 12.7. The molecule has 0 aliphatic rings. The Balaban J connectivity index is 2.03. The summed E-state index contributed by atoms with van der Waals surface area (Å²) < 4.78 is 14.1. The van der Waals surface area contributed by atoms with Crippen LogP contribution in [0.2, 0.25) is 0 Å². The molecule has 0 aliphatic carbocycles. The molecule has 1 unspecified atom stereocenters. The Kier molecular flexibility index (Phi) is 5.61. The van der Waals surface area contributed by atoms with E-state index in [-0.39, 0.29) is 17.9 Å². The summed E-state index contributed by atoms with van der Waals surface area (Å²) >= 11 is 0. The van der Waals surface area contributed by atoms with E-state index in [2.05, 4.69) is 9.97 Å². The minimum atomic E-state index is -0.361. The van der Waals surface area contributed by atoms with Crippen molar-refractivity contribution in [3.8, 4) is 17.1 Å². The average Bonchev–Trinajstić information content (AvgIpc) is 2.48. The van der Waals surface area contributed by atoms with E-state index in [0.29, 0.717) is 11.1 Å². The molecular weight excluding hydrogens is 283 g/mol. The molecule has 2 rings (SSSR count). The van der Waals surface area contributed by atoms with Crippen LogP contribution >= 0.6 is 0 Å². The van der Waals surface area contributed by atoms with E-state index in [9.17, 15) is 4.39 Å². The van der Waals surface area contributed by atoms with E-state index >= 15 is 0 Å². The zero-order valence-electron chi connectivity index (χ0n) is 12.4. The molecule has 0 radical (unpaired) electrons. The number of hydrogen-bond donors (Lipinski definition) is 2. The van der Waals surface area contributed by atoms with Crippen molar-refractivity contribution in [1.82, 2.24) is 9.97 Å². The third-order valence-electron chi connectivity index (χ3n) is 3.25. The Labute approximate surface area is 129 Å². The molecule has 0 fully saturated rings. The largest absolute Gasteiger partial charge is 0.479 e. The van der Waals surface area contributed by atoms with Crippen molar-refractivity contribution >= 4 is 6.08 Å². The summed E-state index contributed by atoms with van der Waals surface area (Å²) in [5.41, 5.74) is 1.69. The van der Waals surface area contributed by atoms with Crippen molar-refractivity contribution in [3.05, 3.63) is 48.0 Å². The molecule has 1 atom stereocenters. The van der Waals surface area contributed by atoms with Gasteiger partial charge < -0.3 is 10.2 Å². The molecule has 0 spiro atoms. The molecule has 1 heterocycles. The van der Waals surface area contributed by atoms with E-state index < -0.39 is 0 Å². The summed E-state index contributed by atoms with van der Waals surface area (Å²) in [7, 11) is 0. The molecule has 4 nitrogen and oxygen atoms in total. The van der Waals surface area contributed by atoms with E-state index in [1.165, 1.54) is 18.5 Å². The molecule has 2 N–H and O–H groups in total. The van der Waals surface area contributed by atoms with Gasteiger partial charge in [-0.2, -0.15) is 0 Å². The summed E-state index contributed by atoms with van der Waals surface area (Å²) in [6, 6.07) is 4.60. The molecular formula is C17H19FN2O2. The summed E-state index contributed by atoms with van der Waals surface area (Å²) in [6.45, 7) is 1.77. The molecule has 5 heteroatoms. The predicted molar refractivity (Wildman–Crippen MR) is 83.7 cm³/mol. The second-order valence-electron chi connectivity index (χ2n) is 5.19. The Morgan fingerprint density at radius 1 is 1.27 bits per heavy atom. The van der Waals surface area contributed by atoms with Gasteiger partial charge in [-0.15, -0.1) is 0 Å². The van der Waals surface area contributed by atoms with Gasteiger partial charge in [0.2, 0.25) is 0 Å². The summed E-state index contributed by atoms with van der Waals surface area (Å²) in [5.74, 6) is -0.361. The fourth-order valence-electron chi connectivity index (χ4n) is 2.08. The first-order valence-corrected chi connectivity index (χ1v) is 7.22. The number of unbranched alkanes of at least 4 members (excludes halogenated alkanes) is 1. The Morgan fingerprint density at radius 3 is 2.64 bits per heavy atom. The molecule has 0 aliphatic heterocycles. The van der Waals surface area contributed by atoms with Gasteiger partial charge in [-0.05, 0) is 37.8 Å². The third kappa shape index (κ3) is 4.63. The Hall–Kier alpha value is -2.27. The van der Waals surface area contributed by atoms with Crippen molar-refractivity contribution in [1.29, 1.82) is 0 Å². The first kappa shape index (κ1) is 16.1. The Bertz CT molecular complexity index is 640. The van der Waals surface area contributed by atoms with Gasteiger partial charge in [-0.25, -0.2) is 14.4 Å². The number of allylic oxidation sites excluding steroid dienone is 1. The van der Waals surface area contributed by atoms with Gasteiger partial charge in [0.25, 0.3) is 0 Å². The predicted octanol–water partition coefficient (Wildman–Crippen LogP) is 3.55. The molecule has 1 aromatic heterocycles. The number of benzene rings is 1. The molecule has 22 heavy (non-hydrogen) atoms. The number of aliphatic hydroxyl groups excluding tert-OH is 1. The molecule has 2 aromatic rings. The van der Waals surface area contributed by atoms with Crippen molar-refractivity contribution in [2.75, 3.05) is 0 Å². The summed E-state index contributed by atoms with van der Waals surface area (Å²) in [4.78, 5) is 7.29. The lowest BCUT2D eigenvalue weighted by molar-refractivity contribution is 0.182. The van der Waals surface area contributed by atoms with Crippen LogP contribution < -0.4 is 0 Å². The highest BCUT2D eigenvalue weighted by Crippen LogP contribution is 2.23. The number of hydrogen-bond acceptors (Lipinski definition) is 4. The zero-order chi connectivity index (χ0) is 15.9. The molecule has 1 aromatic carbocycles. The molecule has 116 valence electrons. The monoisotopic (exact) mass is 302 g/mol. The van der Waals surface area contributed by atoms with Crippen LogP contribution in [0.25, 0.3) is 17.2 Å². The van der Waals surface area contributed by atoms with Crippen molar-refractivity contribution in [2.24, 2.45) is 0 Å². The van der Waals surface area contributed by atoms with Crippen molar-refractivity contribution in [2.45, 2.75) is 32.3 Å². The minimum Gasteiger partial charge on any atom is -0.479 e. The molecule has 0 saturated heterocycles. The maximum absolute atomic E-state index is 14.1. The van der Waals surface area contributed by atoms with E-state index in [1.54, 1.807) is 13.0 Å².